The maximum absolute atomic E-state index is 11.9. The van der Waals surface area contributed by atoms with Crippen molar-refractivity contribution in [1.29, 1.82) is 0 Å². The number of nitrogens with zero attached hydrogens (tertiary/aromatic N) is 1. The fraction of sp³-hybridized carbons (Fsp3) is 0. The smallest absolute Gasteiger partial charge is 0.439 e. The van der Waals surface area contributed by atoms with Crippen molar-refractivity contribution in [2.24, 2.45) is 4.99 Å². The van der Waals surface area contributed by atoms with Crippen LogP contribution < -0.4 is 10.4 Å². The van der Waals surface area contributed by atoms with Crippen LogP contribution in [0.2, 0.25) is 0 Å². The van der Waals surface area contributed by atoms with Gasteiger partial charge in [0.25, 0.3) is 0 Å². The molecule has 1 N–H and O–H groups in total. The number of hydrogen-bond acceptors (Lipinski definition) is 5. The number of carbonyl (C=O) groups excluding carboxylic acids is 1. The van der Waals surface area contributed by atoms with E-state index in [2.05, 4.69) is 4.99 Å². The zero-order chi connectivity index (χ0) is 16.2. The van der Waals surface area contributed by atoms with E-state index in [0.717, 1.165) is 6.21 Å². The van der Waals surface area contributed by atoms with Gasteiger partial charge in [0.05, 0.1) is 11.6 Å². The molecule has 1 amide bonds. The Balaban J connectivity index is 1.89. The molecule has 0 unspecified atom stereocenters. The summed E-state index contributed by atoms with van der Waals surface area (Å²) in [6.07, 6.45) is 0.0157. The monoisotopic (exact) mass is 309 g/mol. The molecule has 0 aliphatic heterocycles. The van der Waals surface area contributed by atoms with Crippen molar-refractivity contribution in [3.63, 3.8) is 0 Å². The van der Waals surface area contributed by atoms with Crippen LogP contribution in [0.15, 0.2) is 68.8 Å². The molecular formula is C17H11NO5. The lowest BCUT2D eigenvalue weighted by molar-refractivity contribution is 0.211. The minimum Gasteiger partial charge on any atom is -0.506 e. The van der Waals surface area contributed by atoms with E-state index in [1.807, 2.05) is 0 Å². The number of para-hydroxylation sites is 2. The first-order valence-corrected chi connectivity index (χ1v) is 6.71. The van der Waals surface area contributed by atoms with Crippen molar-refractivity contribution in [3.8, 4) is 11.5 Å². The van der Waals surface area contributed by atoms with Gasteiger partial charge < -0.3 is 14.3 Å². The molecule has 3 rings (SSSR count). The third-order valence-corrected chi connectivity index (χ3v) is 3.07. The Hall–Kier alpha value is -3.41. The molecule has 0 spiro atoms. The van der Waals surface area contributed by atoms with Crippen molar-refractivity contribution >= 4 is 23.3 Å². The molecule has 0 saturated carbocycles. The van der Waals surface area contributed by atoms with Crippen molar-refractivity contribution in [3.05, 3.63) is 70.6 Å². The van der Waals surface area contributed by atoms with E-state index in [4.69, 9.17) is 9.15 Å². The van der Waals surface area contributed by atoms with E-state index in [0.29, 0.717) is 11.1 Å². The number of rotatable bonds is 2. The Bertz CT molecular complexity index is 944. The van der Waals surface area contributed by atoms with Crippen LogP contribution in [0.1, 0.15) is 5.56 Å². The molecule has 6 nitrogen and oxygen atoms in total. The minimum atomic E-state index is -0.914. The van der Waals surface area contributed by atoms with E-state index in [1.165, 1.54) is 0 Å². The molecule has 0 fully saturated rings. The number of hydrogen-bond donors (Lipinski definition) is 1. The Labute approximate surface area is 130 Å². The highest BCUT2D eigenvalue weighted by atomic mass is 16.5. The van der Waals surface area contributed by atoms with Gasteiger partial charge in [-0.3, -0.25) is 0 Å². The van der Waals surface area contributed by atoms with Gasteiger partial charge in [0.1, 0.15) is 22.6 Å². The summed E-state index contributed by atoms with van der Waals surface area (Å²) in [5.74, 6) is 0.0255. The van der Waals surface area contributed by atoms with Crippen molar-refractivity contribution < 1.29 is 19.1 Å². The first-order chi connectivity index (χ1) is 11.1. The van der Waals surface area contributed by atoms with Gasteiger partial charge in [-0.1, -0.05) is 30.3 Å². The van der Waals surface area contributed by atoms with E-state index in [1.54, 1.807) is 54.6 Å². The standard InChI is InChI=1S/C17H11NO5/c19-15-12-8-4-5-9-14(12)23-16(20)13(15)10-18-17(21)22-11-6-2-1-3-7-11/h1-10,19H. The average molecular weight is 309 g/mol. The molecule has 0 radical (unpaired) electrons. The molecule has 1 aromatic heterocycles. The Morgan fingerprint density at radius 3 is 2.57 bits per heavy atom. The first kappa shape index (κ1) is 14.5. The van der Waals surface area contributed by atoms with Gasteiger partial charge in [-0.05, 0) is 24.3 Å². The van der Waals surface area contributed by atoms with Gasteiger partial charge in [-0.2, -0.15) is 4.99 Å². The maximum atomic E-state index is 11.9. The summed E-state index contributed by atoms with van der Waals surface area (Å²) in [5, 5.41) is 10.5. The van der Waals surface area contributed by atoms with Crippen LogP contribution in [0.25, 0.3) is 11.0 Å². The lowest BCUT2D eigenvalue weighted by Gasteiger charge is -2.02. The molecule has 0 saturated heterocycles. The number of aromatic hydroxyl groups is 1. The van der Waals surface area contributed by atoms with Crippen LogP contribution >= 0.6 is 0 Å². The molecule has 2 aromatic carbocycles. The molecule has 114 valence electrons. The van der Waals surface area contributed by atoms with E-state index in [-0.39, 0.29) is 16.9 Å². The highest BCUT2D eigenvalue weighted by molar-refractivity contribution is 5.96. The lowest BCUT2D eigenvalue weighted by atomic mass is 10.1. The quantitative estimate of drug-likeness (QED) is 0.580. The predicted molar refractivity (Wildman–Crippen MR) is 84.2 cm³/mol. The number of aliphatic imine (C=N–C) groups is 1. The lowest BCUT2D eigenvalue weighted by Crippen LogP contribution is -2.09. The Morgan fingerprint density at radius 1 is 1.09 bits per heavy atom. The third-order valence-electron chi connectivity index (χ3n) is 3.07. The normalized spacial score (nSPS) is 11.0. The molecular weight excluding hydrogens is 298 g/mol. The third kappa shape index (κ3) is 3.11. The second-order valence-electron chi connectivity index (χ2n) is 4.59. The van der Waals surface area contributed by atoms with Crippen LogP contribution in [0.5, 0.6) is 11.5 Å². The van der Waals surface area contributed by atoms with Crippen molar-refractivity contribution in [1.82, 2.24) is 0 Å². The van der Waals surface area contributed by atoms with Gasteiger partial charge >= 0.3 is 11.7 Å². The maximum Gasteiger partial charge on any atom is 0.439 e. The van der Waals surface area contributed by atoms with Gasteiger partial charge in [-0.25, -0.2) is 9.59 Å². The number of ether oxygens (including phenoxy) is 1. The second-order valence-corrected chi connectivity index (χ2v) is 4.59. The topological polar surface area (TPSA) is 89.1 Å². The zero-order valence-corrected chi connectivity index (χ0v) is 11.8. The Morgan fingerprint density at radius 2 is 1.78 bits per heavy atom. The first-order valence-electron chi connectivity index (χ1n) is 6.71. The minimum absolute atomic E-state index is 0.214. The zero-order valence-electron chi connectivity index (χ0n) is 11.8. The fourth-order valence-electron chi connectivity index (χ4n) is 1.99. The van der Waals surface area contributed by atoms with Crippen LogP contribution in [0.4, 0.5) is 4.79 Å². The number of carbonyl (C=O) groups is 1. The van der Waals surface area contributed by atoms with Gasteiger partial charge in [0, 0.05) is 0 Å². The molecule has 3 aromatic rings. The van der Waals surface area contributed by atoms with Crippen LogP contribution in [0.3, 0.4) is 0 Å². The summed E-state index contributed by atoms with van der Waals surface area (Å²) in [4.78, 5) is 27.0. The van der Waals surface area contributed by atoms with Crippen molar-refractivity contribution in [2.75, 3.05) is 0 Å². The van der Waals surface area contributed by atoms with Gasteiger partial charge in [0.2, 0.25) is 0 Å². The summed E-state index contributed by atoms with van der Waals surface area (Å²) in [6.45, 7) is 0. The summed E-state index contributed by atoms with van der Waals surface area (Å²) in [6, 6.07) is 14.9. The molecule has 23 heavy (non-hydrogen) atoms. The van der Waals surface area contributed by atoms with E-state index in [9.17, 15) is 14.7 Å². The predicted octanol–water partition coefficient (Wildman–Crippen LogP) is 3.12. The van der Waals surface area contributed by atoms with Gasteiger partial charge in [-0.15, -0.1) is 0 Å². The van der Waals surface area contributed by atoms with E-state index >= 15 is 0 Å². The van der Waals surface area contributed by atoms with Crippen LogP contribution in [0, 0.1) is 0 Å². The molecule has 0 bridgehead atoms. The largest absolute Gasteiger partial charge is 0.506 e. The number of fused-ring (bicyclic) bond motifs is 1. The fourth-order valence-corrected chi connectivity index (χ4v) is 1.99. The SMILES string of the molecule is O=C(N=Cc1c(O)c2ccccc2oc1=O)Oc1ccccc1. The molecule has 0 atom stereocenters. The Kier molecular flexibility index (Phi) is 3.88. The summed E-state index contributed by atoms with van der Waals surface area (Å²) in [5.41, 5.74) is -0.759. The van der Waals surface area contributed by atoms with Crippen molar-refractivity contribution in [2.45, 2.75) is 0 Å². The number of benzene rings is 2. The van der Waals surface area contributed by atoms with Gasteiger partial charge in [0.15, 0.2) is 0 Å². The highest BCUT2D eigenvalue weighted by Crippen LogP contribution is 2.24. The average Bonchev–Trinajstić information content (AvgIpc) is 2.55. The molecule has 0 aliphatic rings. The summed E-state index contributed by atoms with van der Waals surface area (Å²) < 4.78 is 10.0. The van der Waals surface area contributed by atoms with E-state index < -0.39 is 11.7 Å². The second kappa shape index (κ2) is 6.15. The molecule has 6 heteroatoms. The number of amides is 1. The summed E-state index contributed by atoms with van der Waals surface area (Å²) in [7, 11) is 0. The highest BCUT2D eigenvalue weighted by Gasteiger charge is 2.12. The molecule has 1 heterocycles. The van der Waals surface area contributed by atoms with Crippen LogP contribution in [-0.4, -0.2) is 17.4 Å². The molecule has 0 aliphatic carbocycles. The summed E-state index contributed by atoms with van der Waals surface area (Å²) >= 11 is 0. The van der Waals surface area contributed by atoms with Crippen LogP contribution in [-0.2, 0) is 0 Å².